The Balaban J connectivity index is 1.76. The monoisotopic (exact) mass is 394 g/mol. The molecule has 0 saturated carbocycles. The zero-order valence-corrected chi connectivity index (χ0v) is 16.2. The fourth-order valence-corrected chi connectivity index (χ4v) is 2.80. The van der Waals surface area contributed by atoms with E-state index in [1.807, 2.05) is 19.1 Å². The predicted octanol–water partition coefficient (Wildman–Crippen LogP) is 5.16. The van der Waals surface area contributed by atoms with E-state index in [9.17, 15) is 9.59 Å². The molecule has 2 N–H and O–H groups in total. The highest BCUT2D eigenvalue weighted by molar-refractivity contribution is 6.31. The van der Waals surface area contributed by atoms with Gasteiger partial charge in [-0.2, -0.15) is 0 Å². The largest absolute Gasteiger partial charge is 0.495 e. The van der Waals surface area contributed by atoms with Crippen molar-refractivity contribution in [3.63, 3.8) is 0 Å². The fraction of sp³-hybridized carbons (Fsp3) is 0.0909. The molecule has 0 aliphatic heterocycles. The predicted molar refractivity (Wildman–Crippen MR) is 112 cm³/mol. The van der Waals surface area contributed by atoms with Crippen molar-refractivity contribution < 1.29 is 14.3 Å². The quantitative estimate of drug-likeness (QED) is 0.628. The Hall–Kier alpha value is -3.31. The second-order valence-corrected chi connectivity index (χ2v) is 6.56. The molecule has 0 aliphatic carbocycles. The van der Waals surface area contributed by atoms with Gasteiger partial charge < -0.3 is 15.4 Å². The first-order chi connectivity index (χ1) is 13.5. The van der Waals surface area contributed by atoms with Gasteiger partial charge >= 0.3 is 0 Å². The number of hydrogen-bond acceptors (Lipinski definition) is 3. The lowest BCUT2D eigenvalue weighted by Gasteiger charge is -2.11. The van der Waals surface area contributed by atoms with E-state index in [1.165, 1.54) is 13.2 Å². The summed E-state index contributed by atoms with van der Waals surface area (Å²) in [6.07, 6.45) is 0. The van der Waals surface area contributed by atoms with Crippen molar-refractivity contribution in [3.8, 4) is 5.75 Å². The number of hydrogen-bond donors (Lipinski definition) is 2. The molecule has 2 amide bonds. The van der Waals surface area contributed by atoms with Crippen molar-refractivity contribution in [2.24, 2.45) is 0 Å². The van der Waals surface area contributed by atoms with Crippen molar-refractivity contribution in [3.05, 3.63) is 88.4 Å². The van der Waals surface area contributed by atoms with Crippen LogP contribution in [0.1, 0.15) is 26.3 Å². The molecule has 0 saturated heterocycles. The van der Waals surface area contributed by atoms with E-state index in [-0.39, 0.29) is 11.8 Å². The zero-order valence-electron chi connectivity index (χ0n) is 15.5. The van der Waals surface area contributed by atoms with Gasteiger partial charge in [0.1, 0.15) is 5.75 Å². The number of anilines is 2. The van der Waals surface area contributed by atoms with Crippen molar-refractivity contribution in [2.45, 2.75) is 6.92 Å². The number of carbonyl (C=O) groups excluding carboxylic acids is 2. The first kappa shape index (κ1) is 19.5. The van der Waals surface area contributed by atoms with Gasteiger partial charge in [-0.1, -0.05) is 35.9 Å². The highest BCUT2D eigenvalue weighted by Crippen LogP contribution is 2.24. The van der Waals surface area contributed by atoms with Gasteiger partial charge in [-0.25, -0.2) is 0 Å². The summed E-state index contributed by atoms with van der Waals surface area (Å²) >= 11 is 6.10. The van der Waals surface area contributed by atoms with E-state index < -0.39 is 0 Å². The topological polar surface area (TPSA) is 67.4 Å². The summed E-state index contributed by atoms with van der Waals surface area (Å²) < 4.78 is 5.24. The number of halogens is 1. The summed E-state index contributed by atoms with van der Waals surface area (Å²) in [4.78, 5) is 25.1. The van der Waals surface area contributed by atoms with Gasteiger partial charge in [-0.3, -0.25) is 9.59 Å². The molecule has 6 heteroatoms. The Kier molecular flexibility index (Phi) is 5.96. The number of methoxy groups -OCH3 is 1. The molecular formula is C22H19ClN2O3. The van der Waals surface area contributed by atoms with E-state index in [4.69, 9.17) is 16.3 Å². The van der Waals surface area contributed by atoms with Crippen LogP contribution in [-0.2, 0) is 0 Å². The molecule has 3 rings (SSSR count). The van der Waals surface area contributed by atoms with E-state index in [0.717, 1.165) is 5.56 Å². The van der Waals surface area contributed by atoms with Crippen molar-refractivity contribution >= 4 is 34.8 Å². The molecule has 0 fully saturated rings. The number of benzene rings is 3. The van der Waals surface area contributed by atoms with Gasteiger partial charge in [0.05, 0.1) is 12.8 Å². The maximum atomic E-state index is 12.6. The van der Waals surface area contributed by atoms with Crippen molar-refractivity contribution in [1.29, 1.82) is 0 Å². The molecule has 0 bridgehead atoms. The Morgan fingerprint density at radius 1 is 0.857 bits per heavy atom. The number of carbonyl (C=O) groups is 2. The lowest BCUT2D eigenvalue weighted by molar-refractivity contribution is 0.102. The van der Waals surface area contributed by atoms with Crippen molar-refractivity contribution in [1.82, 2.24) is 0 Å². The van der Waals surface area contributed by atoms with E-state index in [1.54, 1.807) is 48.5 Å². The van der Waals surface area contributed by atoms with E-state index >= 15 is 0 Å². The Labute approximate surface area is 168 Å². The van der Waals surface area contributed by atoms with Crippen LogP contribution in [0.4, 0.5) is 11.4 Å². The van der Waals surface area contributed by atoms with Crippen LogP contribution in [0, 0.1) is 6.92 Å². The third-order valence-corrected chi connectivity index (χ3v) is 4.58. The van der Waals surface area contributed by atoms with E-state index in [2.05, 4.69) is 10.6 Å². The lowest BCUT2D eigenvalue weighted by atomic mass is 10.1. The van der Waals surface area contributed by atoms with Crippen LogP contribution in [-0.4, -0.2) is 18.9 Å². The molecule has 0 radical (unpaired) electrons. The maximum absolute atomic E-state index is 12.6. The Morgan fingerprint density at radius 3 is 2.21 bits per heavy atom. The van der Waals surface area contributed by atoms with Crippen molar-refractivity contribution in [2.75, 3.05) is 17.7 Å². The van der Waals surface area contributed by atoms with Gasteiger partial charge in [0.2, 0.25) is 0 Å². The molecule has 5 nitrogen and oxygen atoms in total. The summed E-state index contributed by atoms with van der Waals surface area (Å²) in [5.74, 6) is -0.106. The highest BCUT2D eigenvalue weighted by atomic mass is 35.5. The van der Waals surface area contributed by atoms with Gasteiger partial charge in [0.25, 0.3) is 11.8 Å². The molecule has 0 aromatic heterocycles. The minimum absolute atomic E-state index is 0.327. The average molecular weight is 395 g/mol. The minimum Gasteiger partial charge on any atom is -0.495 e. The number of aryl methyl sites for hydroxylation is 1. The second-order valence-electron chi connectivity index (χ2n) is 6.15. The van der Waals surface area contributed by atoms with Crippen LogP contribution in [0.25, 0.3) is 0 Å². The third-order valence-electron chi connectivity index (χ3n) is 4.17. The van der Waals surface area contributed by atoms with Gasteiger partial charge in [0, 0.05) is 21.8 Å². The summed E-state index contributed by atoms with van der Waals surface area (Å²) in [7, 11) is 1.53. The smallest absolute Gasteiger partial charge is 0.255 e. The van der Waals surface area contributed by atoms with Gasteiger partial charge in [-0.15, -0.1) is 0 Å². The van der Waals surface area contributed by atoms with Gasteiger partial charge in [-0.05, 0) is 55.0 Å². The van der Waals surface area contributed by atoms with Gasteiger partial charge in [0.15, 0.2) is 0 Å². The molecule has 3 aromatic rings. The summed E-state index contributed by atoms with van der Waals surface area (Å²) in [5, 5.41) is 6.15. The molecule has 0 atom stereocenters. The van der Waals surface area contributed by atoms with Crippen LogP contribution in [0.3, 0.4) is 0 Å². The van der Waals surface area contributed by atoms with Crippen LogP contribution < -0.4 is 15.4 Å². The van der Waals surface area contributed by atoms with Crippen LogP contribution in [0.15, 0.2) is 66.7 Å². The fourth-order valence-electron chi connectivity index (χ4n) is 2.62. The SMILES string of the molecule is COc1ccccc1NC(=O)c1cccc(C(=O)Nc2ccc(C)c(Cl)c2)c1. The normalized spacial score (nSPS) is 10.2. The molecule has 0 unspecified atom stereocenters. The first-order valence-electron chi connectivity index (χ1n) is 8.60. The number of amides is 2. The van der Waals surface area contributed by atoms with E-state index in [0.29, 0.717) is 33.3 Å². The maximum Gasteiger partial charge on any atom is 0.255 e. The number of para-hydroxylation sites is 2. The minimum atomic E-state index is -0.336. The summed E-state index contributed by atoms with van der Waals surface area (Å²) in [6.45, 7) is 1.89. The Morgan fingerprint density at radius 2 is 1.54 bits per heavy atom. The number of nitrogens with one attached hydrogen (secondary N) is 2. The molecule has 0 aliphatic rings. The average Bonchev–Trinajstić information content (AvgIpc) is 2.71. The summed E-state index contributed by atoms with van der Waals surface area (Å²) in [5.41, 5.74) is 2.79. The molecule has 3 aromatic carbocycles. The van der Waals surface area contributed by atoms with Crippen LogP contribution >= 0.6 is 11.6 Å². The zero-order chi connectivity index (χ0) is 20.1. The molecule has 28 heavy (non-hydrogen) atoms. The lowest BCUT2D eigenvalue weighted by Crippen LogP contribution is -2.16. The second kappa shape index (κ2) is 8.59. The van der Waals surface area contributed by atoms with Crippen LogP contribution in [0.2, 0.25) is 5.02 Å². The molecular weight excluding hydrogens is 376 g/mol. The molecule has 142 valence electrons. The first-order valence-corrected chi connectivity index (χ1v) is 8.97. The highest BCUT2D eigenvalue weighted by Gasteiger charge is 2.13. The number of ether oxygens (including phenoxy) is 1. The molecule has 0 spiro atoms. The Bertz CT molecular complexity index is 1030. The number of rotatable bonds is 5. The summed E-state index contributed by atoms with van der Waals surface area (Å²) in [6, 6.07) is 18.9. The van der Waals surface area contributed by atoms with Crippen LogP contribution in [0.5, 0.6) is 5.75 Å². The third kappa shape index (κ3) is 4.50. The molecule has 0 heterocycles. The standard InChI is InChI=1S/C22H19ClN2O3/c1-14-10-11-17(13-18(14)23)24-21(26)15-6-5-7-16(12-15)22(27)25-19-8-3-4-9-20(19)28-2/h3-13H,1-2H3,(H,24,26)(H,25,27).